The molecule has 1 fully saturated rings. The van der Waals surface area contributed by atoms with Crippen molar-refractivity contribution in [1.82, 2.24) is 9.88 Å². The Labute approximate surface area is 204 Å². The van der Waals surface area contributed by atoms with Crippen LogP contribution in [0.5, 0.6) is 0 Å². The van der Waals surface area contributed by atoms with Crippen LogP contribution in [0.2, 0.25) is 0 Å². The Kier molecular flexibility index (Phi) is 7.60. The molecule has 1 aromatic heterocycles. The maximum Gasteiger partial charge on any atom is 0.260 e. The SMILES string of the molecule is Cc1ccc2nc(N(CCCN3CCOCC3)C(=O)c3cccc4ccccc34)sc2c1.Cl. The van der Waals surface area contributed by atoms with E-state index in [1.807, 2.05) is 41.3 Å². The monoisotopic (exact) mass is 481 g/mol. The summed E-state index contributed by atoms with van der Waals surface area (Å²) in [4.78, 5) is 23.0. The van der Waals surface area contributed by atoms with Crippen LogP contribution in [0.1, 0.15) is 22.3 Å². The maximum absolute atomic E-state index is 13.8. The number of hydrogen-bond donors (Lipinski definition) is 0. The number of hydrogen-bond acceptors (Lipinski definition) is 5. The zero-order chi connectivity index (χ0) is 21.9. The quantitative estimate of drug-likeness (QED) is 0.362. The van der Waals surface area contributed by atoms with Gasteiger partial charge in [-0.15, -0.1) is 12.4 Å². The zero-order valence-electron chi connectivity index (χ0n) is 18.7. The minimum atomic E-state index is 0. The number of morpholine rings is 1. The van der Waals surface area contributed by atoms with E-state index in [1.54, 1.807) is 11.3 Å². The average molecular weight is 482 g/mol. The molecule has 0 atom stereocenters. The number of nitrogens with zero attached hydrogens (tertiary/aromatic N) is 3. The number of ether oxygens (including phenoxy) is 1. The molecule has 5 rings (SSSR count). The van der Waals surface area contributed by atoms with Gasteiger partial charge in [0.15, 0.2) is 5.13 Å². The molecule has 33 heavy (non-hydrogen) atoms. The number of anilines is 1. The third-order valence-electron chi connectivity index (χ3n) is 5.99. The van der Waals surface area contributed by atoms with Crippen LogP contribution >= 0.6 is 23.7 Å². The highest BCUT2D eigenvalue weighted by atomic mass is 35.5. The van der Waals surface area contributed by atoms with Gasteiger partial charge in [0.2, 0.25) is 0 Å². The van der Waals surface area contributed by atoms with Gasteiger partial charge < -0.3 is 4.74 Å². The van der Waals surface area contributed by atoms with Crippen LogP contribution in [-0.4, -0.2) is 55.2 Å². The van der Waals surface area contributed by atoms with Gasteiger partial charge in [-0.3, -0.25) is 14.6 Å². The molecular weight excluding hydrogens is 454 g/mol. The van der Waals surface area contributed by atoms with E-state index in [4.69, 9.17) is 9.72 Å². The Bertz CT molecular complexity index is 1250. The number of aryl methyl sites for hydroxylation is 1. The van der Waals surface area contributed by atoms with E-state index in [1.165, 1.54) is 5.56 Å². The fourth-order valence-corrected chi connectivity index (χ4v) is 5.34. The first-order valence-electron chi connectivity index (χ1n) is 11.2. The van der Waals surface area contributed by atoms with Gasteiger partial charge in [0.05, 0.1) is 23.4 Å². The smallest absolute Gasteiger partial charge is 0.260 e. The standard InChI is InChI=1S/C26H27N3O2S.ClH/c1-19-10-11-23-24(18-19)32-26(27-23)29(13-5-12-28-14-16-31-17-15-28)25(30)22-9-4-7-20-6-2-3-8-21(20)22;/h2-4,6-11,18H,5,12-17H2,1H3;1H. The van der Waals surface area contributed by atoms with Gasteiger partial charge in [-0.05, 0) is 47.9 Å². The molecule has 1 aliphatic rings. The highest BCUT2D eigenvalue weighted by molar-refractivity contribution is 7.22. The van der Waals surface area contributed by atoms with Crippen LogP contribution in [-0.2, 0) is 4.74 Å². The molecule has 0 N–H and O–H groups in total. The molecule has 3 aromatic carbocycles. The van der Waals surface area contributed by atoms with Crippen molar-refractivity contribution in [2.75, 3.05) is 44.3 Å². The minimum Gasteiger partial charge on any atom is -0.379 e. The normalized spacial score (nSPS) is 14.3. The second kappa shape index (κ2) is 10.6. The molecule has 7 heteroatoms. The lowest BCUT2D eigenvalue weighted by atomic mass is 10.0. The van der Waals surface area contributed by atoms with Gasteiger partial charge in [-0.1, -0.05) is 53.8 Å². The highest BCUT2D eigenvalue weighted by Crippen LogP contribution is 2.31. The molecule has 0 bridgehead atoms. The van der Waals surface area contributed by atoms with E-state index in [0.717, 1.165) is 71.0 Å². The molecule has 4 aromatic rings. The topological polar surface area (TPSA) is 45.7 Å². The second-order valence-corrected chi connectivity index (χ2v) is 9.27. The van der Waals surface area contributed by atoms with Crippen molar-refractivity contribution in [3.05, 3.63) is 71.8 Å². The Morgan fingerprint density at radius 2 is 1.88 bits per heavy atom. The number of halogens is 1. The van der Waals surface area contributed by atoms with Crippen LogP contribution in [0, 0.1) is 6.92 Å². The van der Waals surface area contributed by atoms with Crippen LogP contribution in [0.15, 0.2) is 60.7 Å². The molecule has 5 nitrogen and oxygen atoms in total. The van der Waals surface area contributed by atoms with Crippen molar-refractivity contribution >= 4 is 55.8 Å². The van der Waals surface area contributed by atoms with Crippen molar-refractivity contribution in [2.45, 2.75) is 13.3 Å². The molecule has 1 amide bonds. The number of rotatable bonds is 6. The molecule has 2 heterocycles. The summed E-state index contributed by atoms with van der Waals surface area (Å²) in [7, 11) is 0. The molecular formula is C26H28ClN3O2S. The number of benzene rings is 3. The van der Waals surface area contributed by atoms with Gasteiger partial charge in [-0.2, -0.15) is 0 Å². The molecule has 0 radical (unpaired) electrons. The lowest BCUT2D eigenvalue weighted by molar-refractivity contribution is 0.0376. The number of aromatic nitrogens is 1. The summed E-state index contributed by atoms with van der Waals surface area (Å²) in [6, 6.07) is 20.3. The summed E-state index contributed by atoms with van der Waals surface area (Å²) in [6.07, 6.45) is 0.894. The minimum absolute atomic E-state index is 0. The maximum atomic E-state index is 13.8. The summed E-state index contributed by atoms with van der Waals surface area (Å²) in [5.41, 5.74) is 2.87. The first-order valence-corrected chi connectivity index (χ1v) is 12.0. The molecule has 172 valence electrons. The van der Waals surface area contributed by atoms with Gasteiger partial charge in [-0.25, -0.2) is 4.98 Å². The molecule has 0 aliphatic carbocycles. The third-order valence-corrected chi connectivity index (χ3v) is 7.03. The van der Waals surface area contributed by atoms with Crippen molar-refractivity contribution in [3.8, 4) is 0 Å². The van der Waals surface area contributed by atoms with Crippen molar-refractivity contribution in [3.63, 3.8) is 0 Å². The molecule has 0 spiro atoms. The first-order chi connectivity index (χ1) is 15.7. The van der Waals surface area contributed by atoms with E-state index in [2.05, 4.69) is 36.1 Å². The van der Waals surface area contributed by atoms with Gasteiger partial charge >= 0.3 is 0 Å². The zero-order valence-corrected chi connectivity index (χ0v) is 20.3. The number of carbonyl (C=O) groups is 1. The summed E-state index contributed by atoms with van der Waals surface area (Å²) < 4.78 is 6.58. The van der Waals surface area contributed by atoms with E-state index < -0.39 is 0 Å². The van der Waals surface area contributed by atoms with Crippen molar-refractivity contribution < 1.29 is 9.53 Å². The lowest BCUT2D eigenvalue weighted by Gasteiger charge is -2.28. The fraction of sp³-hybridized carbons (Fsp3) is 0.308. The molecule has 1 aliphatic heterocycles. The largest absolute Gasteiger partial charge is 0.379 e. The summed E-state index contributed by atoms with van der Waals surface area (Å²) in [5, 5.41) is 2.83. The fourth-order valence-electron chi connectivity index (χ4n) is 4.25. The lowest BCUT2D eigenvalue weighted by Crippen LogP contribution is -2.39. The number of amides is 1. The van der Waals surface area contributed by atoms with E-state index in [0.29, 0.717) is 6.54 Å². The van der Waals surface area contributed by atoms with Gasteiger partial charge in [0.25, 0.3) is 5.91 Å². The predicted octanol–water partition coefficient (Wildman–Crippen LogP) is 5.55. The van der Waals surface area contributed by atoms with Crippen molar-refractivity contribution in [1.29, 1.82) is 0 Å². The molecule has 1 saturated heterocycles. The number of carbonyl (C=O) groups excluding carboxylic acids is 1. The predicted molar refractivity (Wildman–Crippen MR) is 139 cm³/mol. The summed E-state index contributed by atoms with van der Waals surface area (Å²) >= 11 is 1.59. The third kappa shape index (κ3) is 5.20. The summed E-state index contributed by atoms with van der Waals surface area (Å²) in [5.74, 6) is 0.0135. The van der Waals surface area contributed by atoms with Gasteiger partial charge in [0.1, 0.15) is 0 Å². The van der Waals surface area contributed by atoms with E-state index in [-0.39, 0.29) is 18.3 Å². The Hall–Kier alpha value is -2.51. The van der Waals surface area contributed by atoms with E-state index >= 15 is 0 Å². The Morgan fingerprint density at radius 1 is 1.09 bits per heavy atom. The Balaban J connectivity index is 0.00000259. The van der Waals surface area contributed by atoms with Crippen LogP contribution in [0.3, 0.4) is 0 Å². The van der Waals surface area contributed by atoms with Crippen LogP contribution in [0.4, 0.5) is 5.13 Å². The van der Waals surface area contributed by atoms with E-state index in [9.17, 15) is 4.79 Å². The Morgan fingerprint density at radius 3 is 2.73 bits per heavy atom. The second-order valence-electron chi connectivity index (χ2n) is 8.26. The summed E-state index contributed by atoms with van der Waals surface area (Å²) in [6.45, 7) is 7.16. The van der Waals surface area contributed by atoms with Gasteiger partial charge in [0, 0.05) is 31.7 Å². The average Bonchev–Trinajstić information content (AvgIpc) is 3.24. The first kappa shape index (κ1) is 23.6. The number of fused-ring (bicyclic) bond motifs is 2. The highest BCUT2D eigenvalue weighted by Gasteiger charge is 2.23. The van der Waals surface area contributed by atoms with Crippen LogP contribution < -0.4 is 4.90 Å². The van der Waals surface area contributed by atoms with Crippen molar-refractivity contribution in [2.24, 2.45) is 0 Å². The number of thiazole rings is 1. The molecule has 0 unspecified atom stereocenters. The molecule has 0 saturated carbocycles. The van der Waals surface area contributed by atoms with Crippen LogP contribution in [0.25, 0.3) is 21.0 Å².